The van der Waals surface area contributed by atoms with E-state index in [0.29, 0.717) is 16.9 Å². The molecule has 7 heteroatoms. The van der Waals surface area contributed by atoms with E-state index in [4.69, 9.17) is 0 Å². The van der Waals surface area contributed by atoms with Crippen molar-refractivity contribution in [3.8, 4) is 11.4 Å². The highest BCUT2D eigenvalue weighted by atomic mass is 16.6. The second-order valence-electron chi connectivity index (χ2n) is 5.79. The van der Waals surface area contributed by atoms with Crippen LogP contribution in [0, 0.1) is 10.1 Å². The van der Waals surface area contributed by atoms with Gasteiger partial charge in [-0.05, 0) is 30.3 Å². The third-order valence-electron chi connectivity index (χ3n) is 4.02. The molecule has 0 unspecified atom stereocenters. The number of aromatic nitrogens is 2. The van der Waals surface area contributed by atoms with Crippen molar-refractivity contribution in [1.82, 2.24) is 9.55 Å². The standard InChI is InChI=1S/C19H14N4O3/c24-18-9-15(21-14-2-1-6-20-12-14)8-17(10-18)22-7-5-13-3-4-16(23(25)26)11-19(13)22/h1-12,21,24H. The Bertz CT molecular complexity index is 1110. The number of nitrogens with zero attached hydrogens (tertiary/aromatic N) is 3. The SMILES string of the molecule is O=[N+]([O-])c1ccc2ccn(-c3cc(O)cc(Nc4cccnc4)c3)c2c1. The van der Waals surface area contributed by atoms with E-state index in [2.05, 4.69) is 10.3 Å². The number of hydrogen-bond donors (Lipinski definition) is 2. The largest absolute Gasteiger partial charge is 0.508 e. The van der Waals surface area contributed by atoms with Crippen LogP contribution in [0.5, 0.6) is 5.75 Å². The number of benzene rings is 2. The molecule has 0 radical (unpaired) electrons. The molecule has 2 N–H and O–H groups in total. The summed E-state index contributed by atoms with van der Waals surface area (Å²) in [6, 6.07) is 15.3. The zero-order chi connectivity index (χ0) is 18.1. The molecule has 0 bridgehead atoms. The fraction of sp³-hybridized carbons (Fsp3) is 0. The average molecular weight is 346 g/mol. The van der Waals surface area contributed by atoms with Crippen molar-refractivity contribution in [3.05, 3.63) is 83.3 Å². The number of phenols is 1. The molecule has 4 aromatic rings. The first kappa shape index (κ1) is 15.6. The molecule has 0 fully saturated rings. The zero-order valence-electron chi connectivity index (χ0n) is 13.5. The van der Waals surface area contributed by atoms with Crippen molar-refractivity contribution in [2.24, 2.45) is 0 Å². The molecule has 0 saturated heterocycles. The summed E-state index contributed by atoms with van der Waals surface area (Å²) in [7, 11) is 0. The quantitative estimate of drug-likeness (QED) is 0.422. The molecule has 2 heterocycles. The van der Waals surface area contributed by atoms with Gasteiger partial charge >= 0.3 is 0 Å². The number of phenolic OH excluding ortho intramolecular Hbond substituents is 1. The number of non-ortho nitro benzene ring substituents is 1. The minimum Gasteiger partial charge on any atom is -0.508 e. The topological polar surface area (TPSA) is 93.2 Å². The molecular weight excluding hydrogens is 332 g/mol. The first-order valence-corrected chi connectivity index (χ1v) is 7.87. The van der Waals surface area contributed by atoms with Gasteiger partial charge < -0.3 is 15.0 Å². The molecule has 0 aliphatic rings. The van der Waals surface area contributed by atoms with Crippen LogP contribution in [0.2, 0.25) is 0 Å². The lowest BCUT2D eigenvalue weighted by molar-refractivity contribution is -0.384. The first-order chi connectivity index (χ1) is 12.6. The van der Waals surface area contributed by atoms with Gasteiger partial charge in [-0.25, -0.2) is 0 Å². The second kappa shape index (κ2) is 6.21. The number of anilines is 2. The molecule has 128 valence electrons. The van der Waals surface area contributed by atoms with E-state index < -0.39 is 4.92 Å². The van der Waals surface area contributed by atoms with Gasteiger partial charge in [0.2, 0.25) is 0 Å². The summed E-state index contributed by atoms with van der Waals surface area (Å²) in [5.74, 6) is 0.0844. The Morgan fingerprint density at radius 1 is 1.08 bits per heavy atom. The Morgan fingerprint density at radius 3 is 2.73 bits per heavy atom. The molecule has 2 aromatic carbocycles. The summed E-state index contributed by atoms with van der Waals surface area (Å²) in [6.45, 7) is 0. The van der Waals surface area contributed by atoms with Crippen LogP contribution in [-0.4, -0.2) is 19.6 Å². The van der Waals surface area contributed by atoms with Crippen LogP contribution in [-0.2, 0) is 0 Å². The van der Waals surface area contributed by atoms with Crippen molar-refractivity contribution in [1.29, 1.82) is 0 Å². The summed E-state index contributed by atoms with van der Waals surface area (Å²) < 4.78 is 1.80. The van der Waals surface area contributed by atoms with Crippen molar-refractivity contribution in [3.63, 3.8) is 0 Å². The minimum absolute atomic E-state index is 0.0197. The molecule has 0 atom stereocenters. The lowest BCUT2D eigenvalue weighted by Gasteiger charge is -2.11. The van der Waals surface area contributed by atoms with Gasteiger partial charge in [0.25, 0.3) is 5.69 Å². The smallest absolute Gasteiger partial charge is 0.271 e. The number of hydrogen-bond acceptors (Lipinski definition) is 5. The Morgan fingerprint density at radius 2 is 1.96 bits per heavy atom. The average Bonchev–Trinajstić information content (AvgIpc) is 3.05. The summed E-state index contributed by atoms with van der Waals surface area (Å²) in [4.78, 5) is 14.7. The minimum atomic E-state index is -0.422. The maximum atomic E-state index is 11.1. The van der Waals surface area contributed by atoms with E-state index in [1.54, 1.807) is 35.2 Å². The molecule has 0 aliphatic carbocycles. The lowest BCUT2D eigenvalue weighted by Crippen LogP contribution is -1.96. The van der Waals surface area contributed by atoms with Crippen molar-refractivity contribution in [2.45, 2.75) is 0 Å². The maximum absolute atomic E-state index is 11.1. The molecular formula is C19H14N4O3. The highest BCUT2D eigenvalue weighted by molar-refractivity contribution is 5.84. The molecule has 26 heavy (non-hydrogen) atoms. The Hall–Kier alpha value is -3.87. The fourth-order valence-electron chi connectivity index (χ4n) is 2.87. The van der Waals surface area contributed by atoms with Gasteiger partial charge in [-0.1, -0.05) is 0 Å². The van der Waals surface area contributed by atoms with E-state index in [0.717, 1.165) is 11.1 Å². The molecule has 4 rings (SSSR count). The van der Waals surface area contributed by atoms with Crippen LogP contribution < -0.4 is 5.32 Å². The normalized spacial score (nSPS) is 10.8. The summed E-state index contributed by atoms with van der Waals surface area (Å²) >= 11 is 0. The van der Waals surface area contributed by atoms with E-state index in [-0.39, 0.29) is 11.4 Å². The summed E-state index contributed by atoms with van der Waals surface area (Å²) in [5.41, 5.74) is 2.87. The van der Waals surface area contributed by atoms with Gasteiger partial charge in [0, 0.05) is 47.7 Å². The van der Waals surface area contributed by atoms with Gasteiger partial charge in [-0.3, -0.25) is 15.1 Å². The highest BCUT2D eigenvalue weighted by Gasteiger charge is 2.11. The Kier molecular flexibility index (Phi) is 3.74. The number of nitro benzene ring substituents is 1. The number of nitrogens with one attached hydrogen (secondary N) is 1. The molecule has 0 spiro atoms. The highest BCUT2D eigenvalue weighted by Crippen LogP contribution is 2.29. The van der Waals surface area contributed by atoms with Crippen LogP contribution in [0.25, 0.3) is 16.6 Å². The van der Waals surface area contributed by atoms with Gasteiger partial charge in [0.1, 0.15) is 5.75 Å². The van der Waals surface area contributed by atoms with Gasteiger partial charge in [0.05, 0.1) is 28.0 Å². The Balaban J connectivity index is 1.79. The summed E-state index contributed by atoms with van der Waals surface area (Å²) in [5, 5.41) is 25.2. The molecule has 7 nitrogen and oxygen atoms in total. The number of fused-ring (bicyclic) bond motifs is 1. The van der Waals surface area contributed by atoms with Gasteiger partial charge in [-0.2, -0.15) is 0 Å². The van der Waals surface area contributed by atoms with E-state index in [9.17, 15) is 15.2 Å². The van der Waals surface area contributed by atoms with Crippen LogP contribution in [0.3, 0.4) is 0 Å². The van der Waals surface area contributed by atoms with E-state index in [1.807, 2.05) is 30.5 Å². The predicted molar refractivity (Wildman–Crippen MR) is 99.1 cm³/mol. The Labute approximate surface area is 148 Å². The van der Waals surface area contributed by atoms with Crippen molar-refractivity contribution < 1.29 is 10.0 Å². The second-order valence-corrected chi connectivity index (χ2v) is 5.79. The van der Waals surface area contributed by atoms with Crippen molar-refractivity contribution in [2.75, 3.05) is 5.32 Å². The lowest BCUT2D eigenvalue weighted by atomic mass is 10.2. The molecule has 0 amide bonds. The number of aromatic hydroxyl groups is 1. The number of pyridine rings is 1. The van der Waals surface area contributed by atoms with Gasteiger partial charge in [-0.15, -0.1) is 0 Å². The third kappa shape index (κ3) is 2.93. The zero-order valence-corrected chi connectivity index (χ0v) is 13.5. The fourth-order valence-corrected chi connectivity index (χ4v) is 2.87. The molecule has 0 saturated carbocycles. The van der Waals surface area contributed by atoms with E-state index >= 15 is 0 Å². The van der Waals surface area contributed by atoms with Gasteiger partial charge in [0.15, 0.2) is 0 Å². The maximum Gasteiger partial charge on any atom is 0.271 e. The van der Waals surface area contributed by atoms with Crippen LogP contribution in [0.1, 0.15) is 0 Å². The molecule has 0 aliphatic heterocycles. The van der Waals surface area contributed by atoms with Crippen molar-refractivity contribution >= 4 is 28.0 Å². The monoisotopic (exact) mass is 346 g/mol. The third-order valence-corrected chi connectivity index (χ3v) is 4.02. The predicted octanol–water partition coefficient (Wildman–Crippen LogP) is 4.38. The van der Waals surface area contributed by atoms with Crippen LogP contribution in [0.4, 0.5) is 17.1 Å². The van der Waals surface area contributed by atoms with Crippen LogP contribution >= 0.6 is 0 Å². The van der Waals surface area contributed by atoms with E-state index in [1.165, 1.54) is 12.1 Å². The summed E-state index contributed by atoms with van der Waals surface area (Å²) in [6.07, 6.45) is 5.17. The number of nitro groups is 1. The first-order valence-electron chi connectivity index (χ1n) is 7.87. The number of rotatable bonds is 4. The van der Waals surface area contributed by atoms with Crippen LogP contribution in [0.15, 0.2) is 73.2 Å². The molecule has 2 aromatic heterocycles.